The van der Waals surface area contributed by atoms with Gasteiger partial charge in [-0.1, -0.05) is 36.9 Å². The molecule has 3 aromatic rings. The lowest BCUT2D eigenvalue weighted by atomic mass is 10.2. The van der Waals surface area contributed by atoms with E-state index in [9.17, 15) is 9.18 Å². The van der Waals surface area contributed by atoms with Gasteiger partial charge in [-0.2, -0.15) is 0 Å². The van der Waals surface area contributed by atoms with Crippen LogP contribution in [0.25, 0.3) is 18.3 Å². The van der Waals surface area contributed by atoms with Crippen LogP contribution in [-0.4, -0.2) is 9.78 Å². The Balaban J connectivity index is 2.17. The summed E-state index contributed by atoms with van der Waals surface area (Å²) in [7, 11) is 0. The van der Waals surface area contributed by atoms with E-state index in [0.29, 0.717) is 10.6 Å². The molecule has 1 N–H and O–H groups in total. The van der Waals surface area contributed by atoms with Gasteiger partial charge in [0.15, 0.2) is 0 Å². The van der Waals surface area contributed by atoms with Crippen molar-refractivity contribution in [2.45, 2.75) is 0 Å². The highest BCUT2D eigenvalue weighted by Crippen LogP contribution is 2.03. The van der Waals surface area contributed by atoms with E-state index in [1.165, 1.54) is 16.8 Å². The molecule has 1 heterocycles. The van der Waals surface area contributed by atoms with Crippen LogP contribution < -0.4 is 16.1 Å². The minimum absolute atomic E-state index is 0.185. The van der Waals surface area contributed by atoms with Crippen LogP contribution in [0.15, 0.2) is 59.4 Å². The van der Waals surface area contributed by atoms with E-state index in [2.05, 4.69) is 11.7 Å². The van der Waals surface area contributed by atoms with E-state index in [-0.39, 0.29) is 11.4 Å². The number of hydrogen-bond acceptors (Lipinski definition) is 1. The van der Waals surface area contributed by atoms with Gasteiger partial charge in [-0.3, -0.25) is 9.89 Å². The van der Waals surface area contributed by atoms with Crippen molar-refractivity contribution >= 4 is 12.7 Å². The molecule has 0 spiro atoms. The summed E-state index contributed by atoms with van der Waals surface area (Å²) < 4.78 is 14.4. The summed E-state index contributed by atoms with van der Waals surface area (Å²) >= 11 is 0. The van der Waals surface area contributed by atoms with E-state index in [1.807, 2.05) is 30.3 Å². The third kappa shape index (κ3) is 2.56. The molecule has 0 aliphatic carbocycles. The van der Waals surface area contributed by atoms with Gasteiger partial charge in [0.05, 0.1) is 16.3 Å². The van der Waals surface area contributed by atoms with Gasteiger partial charge >= 0.3 is 0 Å². The second-order valence-electron chi connectivity index (χ2n) is 4.68. The topological polar surface area (TPSA) is 37.8 Å². The molecule has 3 nitrogen and oxygen atoms in total. The van der Waals surface area contributed by atoms with Crippen LogP contribution in [0.2, 0.25) is 0 Å². The molecule has 0 atom stereocenters. The molecular formula is C17H13FN2O. The first-order chi connectivity index (χ1) is 10.1. The van der Waals surface area contributed by atoms with E-state index < -0.39 is 0 Å². The Bertz CT molecular complexity index is 922. The smallest absolute Gasteiger partial charge is 0.279 e. The van der Waals surface area contributed by atoms with Crippen LogP contribution in [0.4, 0.5) is 4.39 Å². The number of nitrogens with zero attached hydrogens (tertiary/aromatic N) is 1. The molecule has 3 rings (SSSR count). The molecule has 0 saturated carbocycles. The largest absolute Gasteiger partial charge is 0.291 e. The van der Waals surface area contributed by atoms with Crippen molar-refractivity contribution in [3.8, 4) is 5.69 Å². The average Bonchev–Trinajstić information content (AvgIpc) is 2.78. The molecular weight excluding hydrogens is 267 g/mol. The molecule has 0 bridgehead atoms. The van der Waals surface area contributed by atoms with E-state index in [0.717, 1.165) is 11.3 Å². The molecule has 0 unspecified atom stereocenters. The molecule has 104 valence electrons. The first-order valence-corrected chi connectivity index (χ1v) is 6.48. The summed E-state index contributed by atoms with van der Waals surface area (Å²) in [6.45, 7) is 3.86. The van der Waals surface area contributed by atoms with Gasteiger partial charge in [-0.25, -0.2) is 9.07 Å². The van der Waals surface area contributed by atoms with Crippen molar-refractivity contribution < 1.29 is 4.39 Å². The maximum Gasteiger partial charge on any atom is 0.279 e. The van der Waals surface area contributed by atoms with Gasteiger partial charge in [-0.05, 0) is 35.9 Å². The normalized spacial score (nSPS) is 11.8. The van der Waals surface area contributed by atoms with Gasteiger partial charge in [0.25, 0.3) is 5.56 Å². The second kappa shape index (κ2) is 5.25. The van der Waals surface area contributed by atoms with Gasteiger partial charge in [0.2, 0.25) is 0 Å². The molecule has 0 fully saturated rings. The highest BCUT2D eigenvalue weighted by Gasteiger charge is 2.03. The van der Waals surface area contributed by atoms with Crippen LogP contribution in [0.1, 0.15) is 5.56 Å². The maximum atomic E-state index is 12.9. The fourth-order valence-electron chi connectivity index (χ4n) is 2.13. The summed E-state index contributed by atoms with van der Waals surface area (Å²) in [6, 6.07) is 15.2. The average molecular weight is 280 g/mol. The highest BCUT2D eigenvalue weighted by atomic mass is 19.1. The molecule has 21 heavy (non-hydrogen) atoms. The van der Waals surface area contributed by atoms with Crippen LogP contribution in [-0.2, 0) is 0 Å². The minimum Gasteiger partial charge on any atom is -0.291 e. The monoisotopic (exact) mass is 280 g/mol. The molecule has 1 aromatic heterocycles. The number of aromatic nitrogens is 2. The van der Waals surface area contributed by atoms with Gasteiger partial charge < -0.3 is 0 Å². The number of halogens is 1. The zero-order valence-electron chi connectivity index (χ0n) is 11.2. The Morgan fingerprint density at radius 2 is 1.71 bits per heavy atom. The van der Waals surface area contributed by atoms with E-state index >= 15 is 0 Å². The van der Waals surface area contributed by atoms with Crippen molar-refractivity contribution in [2.75, 3.05) is 0 Å². The fraction of sp³-hybridized carbons (Fsp3) is 0. The molecule has 0 aliphatic rings. The van der Waals surface area contributed by atoms with Gasteiger partial charge in [0.1, 0.15) is 5.82 Å². The Kier molecular flexibility index (Phi) is 3.28. The second-order valence-corrected chi connectivity index (χ2v) is 4.68. The lowest BCUT2D eigenvalue weighted by Gasteiger charge is -1.98. The Morgan fingerprint density at radius 3 is 2.38 bits per heavy atom. The lowest BCUT2D eigenvalue weighted by Crippen LogP contribution is -2.33. The lowest BCUT2D eigenvalue weighted by molar-refractivity contribution is 0.628. The zero-order valence-corrected chi connectivity index (χ0v) is 11.2. The first-order valence-electron chi connectivity index (χ1n) is 6.48. The fourth-order valence-corrected chi connectivity index (χ4v) is 2.13. The number of hydrogen-bond donors (Lipinski definition) is 1. The van der Waals surface area contributed by atoms with E-state index in [4.69, 9.17) is 0 Å². The summed E-state index contributed by atoms with van der Waals surface area (Å²) in [5.41, 5.74) is 1.30. The predicted molar refractivity (Wildman–Crippen MR) is 81.1 cm³/mol. The number of rotatable bonds is 2. The van der Waals surface area contributed by atoms with Crippen LogP contribution in [0.5, 0.6) is 0 Å². The van der Waals surface area contributed by atoms with Crippen LogP contribution >= 0.6 is 0 Å². The number of para-hydroxylation sites is 1. The SMILES string of the molecule is C=c1[nH]n(-c2ccccc2)c(=O)/c1=C\c1ccc(F)cc1. The summed E-state index contributed by atoms with van der Waals surface area (Å²) in [6.07, 6.45) is 1.69. The Hall–Kier alpha value is -2.88. The third-order valence-electron chi connectivity index (χ3n) is 3.20. The Morgan fingerprint density at radius 1 is 1.05 bits per heavy atom. The number of benzene rings is 2. The standard InChI is InChI=1S/C17H13FN2O/c1-12-16(11-13-7-9-14(18)10-8-13)17(21)20(19-12)15-5-3-2-4-6-15/h2-11,19H,1H2/b16-11-. The zero-order chi connectivity index (χ0) is 14.8. The van der Waals surface area contributed by atoms with E-state index in [1.54, 1.807) is 18.2 Å². The van der Waals surface area contributed by atoms with Crippen molar-refractivity contribution in [3.63, 3.8) is 0 Å². The predicted octanol–water partition coefficient (Wildman–Crippen LogP) is 1.54. The van der Waals surface area contributed by atoms with Crippen molar-refractivity contribution in [1.29, 1.82) is 0 Å². The number of nitrogens with one attached hydrogen (secondary N) is 1. The molecule has 0 amide bonds. The summed E-state index contributed by atoms with van der Waals surface area (Å²) in [5, 5.41) is 3.93. The first kappa shape index (κ1) is 13.1. The number of aromatic amines is 1. The van der Waals surface area contributed by atoms with Gasteiger partial charge in [0, 0.05) is 0 Å². The highest BCUT2D eigenvalue weighted by molar-refractivity contribution is 5.49. The Labute approximate surface area is 120 Å². The molecule has 4 heteroatoms. The summed E-state index contributed by atoms with van der Waals surface area (Å²) in [5.74, 6) is -0.308. The van der Waals surface area contributed by atoms with Crippen molar-refractivity contribution in [1.82, 2.24) is 9.78 Å². The molecule has 2 aromatic carbocycles. The van der Waals surface area contributed by atoms with Gasteiger partial charge in [-0.15, -0.1) is 0 Å². The number of H-pyrrole nitrogens is 1. The molecule has 0 saturated heterocycles. The maximum absolute atomic E-state index is 12.9. The van der Waals surface area contributed by atoms with Crippen molar-refractivity contribution in [2.24, 2.45) is 0 Å². The third-order valence-corrected chi connectivity index (χ3v) is 3.20. The molecule has 0 aliphatic heterocycles. The molecule has 0 radical (unpaired) electrons. The van der Waals surface area contributed by atoms with Crippen molar-refractivity contribution in [3.05, 3.63) is 86.9 Å². The summed E-state index contributed by atoms with van der Waals surface area (Å²) in [4.78, 5) is 12.4. The minimum atomic E-state index is -0.308. The van der Waals surface area contributed by atoms with Crippen LogP contribution in [0, 0.1) is 5.82 Å². The quantitative estimate of drug-likeness (QED) is 0.760. The van der Waals surface area contributed by atoms with Crippen LogP contribution in [0.3, 0.4) is 0 Å².